The van der Waals surface area contributed by atoms with Gasteiger partial charge in [0, 0.05) is 5.56 Å². The maximum atomic E-state index is 6.05. The van der Waals surface area contributed by atoms with E-state index in [2.05, 4.69) is 42.7 Å². The fourth-order valence-corrected chi connectivity index (χ4v) is 3.53. The number of hydrogen-bond acceptors (Lipinski definition) is 3. The monoisotopic (exact) mass is 372 g/mol. The van der Waals surface area contributed by atoms with Gasteiger partial charge in [-0.15, -0.1) is 0 Å². The van der Waals surface area contributed by atoms with Crippen LogP contribution in [0.25, 0.3) is 22.4 Å². The summed E-state index contributed by atoms with van der Waals surface area (Å²) in [7, 11) is 1.68. The second kappa shape index (κ2) is 7.77. The number of benzene rings is 3. The van der Waals surface area contributed by atoms with Gasteiger partial charge < -0.3 is 14.0 Å². The molecule has 0 saturated heterocycles. The maximum absolute atomic E-state index is 6.05. The van der Waals surface area contributed by atoms with Crippen LogP contribution in [0.5, 0.6) is 11.5 Å². The van der Waals surface area contributed by atoms with Gasteiger partial charge in [0.15, 0.2) is 0 Å². The molecule has 1 aromatic heterocycles. The predicted octanol–water partition coefficient (Wildman–Crippen LogP) is 5.41. The first kappa shape index (κ1) is 18.1. The summed E-state index contributed by atoms with van der Waals surface area (Å²) in [4.78, 5) is 4.86. The van der Waals surface area contributed by atoms with Crippen LogP contribution >= 0.6 is 0 Å². The van der Waals surface area contributed by atoms with Crippen LogP contribution in [0.4, 0.5) is 0 Å². The van der Waals surface area contributed by atoms with E-state index in [1.165, 1.54) is 11.1 Å². The third-order valence-corrected chi connectivity index (χ3v) is 4.78. The minimum absolute atomic E-state index is 0.576. The third kappa shape index (κ3) is 3.72. The largest absolute Gasteiger partial charge is 0.497 e. The number of aromatic nitrogens is 2. The molecule has 0 radical (unpaired) electrons. The highest BCUT2D eigenvalue weighted by Crippen LogP contribution is 2.26. The molecule has 142 valence electrons. The minimum Gasteiger partial charge on any atom is -0.497 e. The van der Waals surface area contributed by atoms with Crippen LogP contribution in [0, 0.1) is 13.8 Å². The van der Waals surface area contributed by atoms with Crippen LogP contribution in [0.2, 0.25) is 0 Å². The molecule has 0 atom stereocenters. The van der Waals surface area contributed by atoms with Crippen molar-refractivity contribution in [1.29, 1.82) is 0 Å². The number of ether oxygens (including phenoxy) is 2. The van der Waals surface area contributed by atoms with Crippen LogP contribution in [-0.4, -0.2) is 23.3 Å². The van der Waals surface area contributed by atoms with Gasteiger partial charge in [0.05, 0.1) is 24.7 Å². The second-order valence-electron chi connectivity index (χ2n) is 6.98. The molecule has 0 fully saturated rings. The van der Waals surface area contributed by atoms with Gasteiger partial charge in [-0.2, -0.15) is 0 Å². The normalized spacial score (nSPS) is 11.0. The van der Waals surface area contributed by atoms with E-state index >= 15 is 0 Å². The first-order valence-corrected chi connectivity index (χ1v) is 9.45. The van der Waals surface area contributed by atoms with Gasteiger partial charge in [-0.25, -0.2) is 4.98 Å². The number of imidazole rings is 1. The highest BCUT2D eigenvalue weighted by Gasteiger charge is 2.12. The summed E-state index contributed by atoms with van der Waals surface area (Å²) in [5, 5.41) is 0. The van der Waals surface area contributed by atoms with E-state index in [9.17, 15) is 0 Å². The van der Waals surface area contributed by atoms with Crippen molar-refractivity contribution in [2.24, 2.45) is 0 Å². The molecule has 4 heteroatoms. The number of rotatable bonds is 6. The van der Waals surface area contributed by atoms with E-state index < -0.39 is 0 Å². The van der Waals surface area contributed by atoms with E-state index in [4.69, 9.17) is 14.5 Å². The lowest BCUT2D eigenvalue weighted by Crippen LogP contribution is -2.09. The quantitative estimate of drug-likeness (QED) is 0.454. The summed E-state index contributed by atoms with van der Waals surface area (Å²) in [6.07, 6.45) is 0. The molecule has 0 saturated carbocycles. The standard InChI is InChI=1S/C24H24N2O2/c1-17-14-18(2)16-21(15-17)28-13-12-26-23-7-5-4-6-22(23)25-24(26)19-8-10-20(27-3)11-9-19/h4-11,14-16H,12-13H2,1-3H3. The molecule has 0 bridgehead atoms. The summed E-state index contributed by atoms with van der Waals surface area (Å²) < 4.78 is 13.6. The summed E-state index contributed by atoms with van der Waals surface area (Å²) in [5.41, 5.74) is 5.57. The molecule has 4 rings (SSSR count). The Labute approximate surface area is 165 Å². The first-order valence-electron chi connectivity index (χ1n) is 9.45. The molecule has 4 aromatic rings. The van der Waals surface area contributed by atoms with Crippen LogP contribution < -0.4 is 9.47 Å². The molecular formula is C24H24N2O2. The van der Waals surface area contributed by atoms with Crippen LogP contribution in [0.1, 0.15) is 11.1 Å². The maximum Gasteiger partial charge on any atom is 0.141 e. The topological polar surface area (TPSA) is 36.3 Å². The van der Waals surface area contributed by atoms with Gasteiger partial charge in [-0.05, 0) is 73.5 Å². The fourth-order valence-electron chi connectivity index (χ4n) is 3.53. The number of fused-ring (bicyclic) bond motifs is 1. The van der Waals surface area contributed by atoms with E-state index in [1.807, 2.05) is 42.5 Å². The summed E-state index contributed by atoms with van der Waals surface area (Å²) in [6.45, 7) is 5.47. The Hall–Kier alpha value is -3.27. The van der Waals surface area contributed by atoms with Gasteiger partial charge in [-0.3, -0.25) is 0 Å². The average molecular weight is 372 g/mol. The molecule has 0 spiro atoms. The lowest BCUT2D eigenvalue weighted by molar-refractivity contribution is 0.300. The van der Waals surface area contributed by atoms with Gasteiger partial charge >= 0.3 is 0 Å². The summed E-state index contributed by atoms with van der Waals surface area (Å²) >= 11 is 0. The van der Waals surface area contributed by atoms with Crippen LogP contribution in [0.15, 0.2) is 66.7 Å². The van der Waals surface area contributed by atoms with Crippen molar-refractivity contribution in [1.82, 2.24) is 9.55 Å². The van der Waals surface area contributed by atoms with Crippen LogP contribution in [0.3, 0.4) is 0 Å². The number of methoxy groups -OCH3 is 1. The lowest BCUT2D eigenvalue weighted by atomic mass is 10.1. The van der Waals surface area contributed by atoms with Crippen molar-refractivity contribution in [3.63, 3.8) is 0 Å². The number of nitrogens with zero attached hydrogens (tertiary/aromatic N) is 2. The van der Waals surface area contributed by atoms with Crippen molar-refractivity contribution < 1.29 is 9.47 Å². The summed E-state index contributed by atoms with van der Waals surface area (Å²) in [5.74, 6) is 2.69. The Bertz CT molecular complexity index is 1080. The highest BCUT2D eigenvalue weighted by molar-refractivity contribution is 5.80. The van der Waals surface area contributed by atoms with Crippen molar-refractivity contribution in [3.05, 3.63) is 77.9 Å². The zero-order valence-corrected chi connectivity index (χ0v) is 16.5. The number of aryl methyl sites for hydroxylation is 2. The van der Waals surface area contributed by atoms with Gasteiger partial charge in [0.25, 0.3) is 0 Å². The Morgan fingerprint density at radius 3 is 2.29 bits per heavy atom. The Morgan fingerprint density at radius 2 is 1.57 bits per heavy atom. The minimum atomic E-state index is 0.576. The Balaban J connectivity index is 1.63. The second-order valence-corrected chi connectivity index (χ2v) is 6.98. The molecule has 0 amide bonds. The zero-order chi connectivity index (χ0) is 19.5. The van der Waals surface area contributed by atoms with Crippen molar-refractivity contribution in [2.75, 3.05) is 13.7 Å². The molecule has 0 aliphatic heterocycles. The predicted molar refractivity (Wildman–Crippen MR) is 113 cm³/mol. The third-order valence-electron chi connectivity index (χ3n) is 4.78. The molecule has 0 unspecified atom stereocenters. The van der Waals surface area contributed by atoms with E-state index in [0.29, 0.717) is 6.61 Å². The zero-order valence-electron chi connectivity index (χ0n) is 16.5. The van der Waals surface area contributed by atoms with E-state index in [0.717, 1.165) is 40.5 Å². The molecule has 28 heavy (non-hydrogen) atoms. The summed E-state index contributed by atoms with van der Waals surface area (Å²) in [6, 6.07) is 22.5. The van der Waals surface area contributed by atoms with Crippen LogP contribution in [-0.2, 0) is 6.54 Å². The number of hydrogen-bond donors (Lipinski definition) is 0. The molecule has 0 aliphatic carbocycles. The Morgan fingerprint density at radius 1 is 0.857 bits per heavy atom. The highest BCUT2D eigenvalue weighted by atomic mass is 16.5. The van der Waals surface area contributed by atoms with Gasteiger partial charge in [-0.1, -0.05) is 18.2 Å². The lowest BCUT2D eigenvalue weighted by Gasteiger charge is -2.12. The number of para-hydroxylation sites is 2. The molecule has 0 aliphatic rings. The van der Waals surface area contributed by atoms with Gasteiger partial charge in [0.2, 0.25) is 0 Å². The smallest absolute Gasteiger partial charge is 0.141 e. The average Bonchev–Trinajstić information content (AvgIpc) is 3.06. The molecular weight excluding hydrogens is 348 g/mol. The molecule has 0 N–H and O–H groups in total. The SMILES string of the molecule is COc1ccc(-c2nc3ccccc3n2CCOc2cc(C)cc(C)c2)cc1. The Kier molecular flexibility index (Phi) is 5.02. The fraction of sp³-hybridized carbons (Fsp3) is 0.208. The molecule has 4 nitrogen and oxygen atoms in total. The van der Waals surface area contributed by atoms with E-state index in [1.54, 1.807) is 7.11 Å². The van der Waals surface area contributed by atoms with Crippen molar-refractivity contribution in [2.45, 2.75) is 20.4 Å². The van der Waals surface area contributed by atoms with E-state index in [-0.39, 0.29) is 0 Å². The molecule has 3 aromatic carbocycles. The molecule has 1 heterocycles. The van der Waals surface area contributed by atoms with Gasteiger partial charge in [0.1, 0.15) is 23.9 Å². The van der Waals surface area contributed by atoms with Crippen molar-refractivity contribution in [3.8, 4) is 22.9 Å². The van der Waals surface area contributed by atoms with Crippen molar-refractivity contribution >= 4 is 11.0 Å². The first-order chi connectivity index (χ1) is 13.6.